The van der Waals surface area contributed by atoms with Crippen molar-refractivity contribution in [3.63, 3.8) is 0 Å². The van der Waals surface area contributed by atoms with Gasteiger partial charge in [0.15, 0.2) is 5.78 Å². The van der Waals surface area contributed by atoms with E-state index in [2.05, 4.69) is 0 Å². The lowest BCUT2D eigenvalue weighted by Gasteiger charge is -2.26. The van der Waals surface area contributed by atoms with E-state index in [-0.39, 0.29) is 11.6 Å². The van der Waals surface area contributed by atoms with E-state index in [1.165, 1.54) is 6.07 Å². The highest BCUT2D eigenvalue weighted by Crippen LogP contribution is 2.27. The number of fused-ring (bicyclic) bond motifs is 1. The van der Waals surface area contributed by atoms with E-state index in [9.17, 15) is 9.18 Å². The van der Waals surface area contributed by atoms with E-state index in [1.54, 1.807) is 18.3 Å². The molecule has 0 saturated carbocycles. The van der Waals surface area contributed by atoms with E-state index in [0.717, 1.165) is 5.52 Å². The summed E-state index contributed by atoms with van der Waals surface area (Å²) in [6.07, 6.45) is 2.25. The molecule has 2 rings (SSSR count). The zero-order valence-electron chi connectivity index (χ0n) is 10.3. The van der Waals surface area contributed by atoms with Crippen molar-refractivity contribution in [2.24, 2.45) is 0 Å². The van der Waals surface area contributed by atoms with Crippen molar-refractivity contribution < 1.29 is 9.18 Å². The van der Waals surface area contributed by atoms with Gasteiger partial charge in [0.05, 0.1) is 11.1 Å². The molecule has 0 N–H and O–H groups in total. The number of rotatable bonds is 3. The van der Waals surface area contributed by atoms with Crippen LogP contribution in [0.3, 0.4) is 0 Å². The molecular formula is C14H16FNO. The largest absolute Gasteiger partial charge is 0.335 e. The Morgan fingerprint density at radius 1 is 1.35 bits per heavy atom. The minimum absolute atomic E-state index is 0.138. The second-order valence-corrected chi connectivity index (χ2v) is 4.69. The Balaban J connectivity index is 2.64. The summed E-state index contributed by atoms with van der Waals surface area (Å²) < 4.78 is 15.4. The van der Waals surface area contributed by atoms with Crippen LogP contribution in [-0.2, 0) is 10.3 Å². The summed E-state index contributed by atoms with van der Waals surface area (Å²) in [5.41, 5.74) is 0.126. The molecule has 1 aromatic carbocycles. The Bertz CT molecular complexity index is 569. The number of aromatic nitrogens is 1. The highest BCUT2D eigenvalue weighted by Gasteiger charge is 2.28. The standard InChI is InChI=1S/C14H16FNO/c1-4-13(17)14(2,3)16-9-8-10-11(15)6-5-7-12(10)16/h5-9H,4H2,1-3H3. The van der Waals surface area contributed by atoms with Crippen LogP contribution < -0.4 is 0 Å². The fourth-order valence-electron chi connectivity index (χ4n) is 2.18. The lowest BCUT2D eigenvalue weighted by molar-refractivity contribution is -0.125. The van der Waals surface area contributed by atoms with Crippen molar-refractivity contribution in [2.75, 3.05) is 0 Å². The number of Topliss-reactive ketones (excluding diaryl/α,β-unsaturated/α-hetero) is 1. The molecule has 0 unspecified atom stereocenters. The van der Waals surface area contributed by atoms with Crippen LogP contribution in [-0.4, -0.2) is 10.4 Å². The molecular weight excluding hydrogens is 217 g/mol. The van der Waals surface area contributed by atoms with Gasteiger partial charge in [0, 0.05) is 18.0 Å². The van der Waals surface area contributed by atoms with Crippen LogP contribution in [0.5, 0.6) is 0 Å². The predicted molar refractivity (Wildman–Crippen MR) is 66.5 cm³/mol. The first kappa shape index (κ1) is 11.8. The van der Waals surface area contributed by atoms with Gasteiger partial charge in [0.25, 0.3) is 0 Å². The molecule has 90 valence electrons. The summed E-state index contributed by atoms with van der Waals surface area (Å²) >= 11 is 0. The first-order chi connectivity index (χ1) is 7.98. The van der Waals surface area contributed by atoms with Crippen molar-refractivity contribution in [1.29, 1.82) is 0 Å². The number of hydrogen-bond donors (Lipinski definition) is 0. The fourth-order valence-corrected chi connectivity index (χ4v) is 2.18. The monoisotopic (exact) mass is 233 g/mol. The molecule has 0 atom stereocenters. The van der Waals surface area contributed by atoms with Gasteiger partial charge in [0.2, 0.25) is 0 Å². The van der Waals surface area contributed by atoms with Gasteiger partial charge >= 0.3 is 0 Å². The molecule has 0 aliphatic carbocycles. The third-order valence-electron chi connectivity index (χ3n) is 3.29. The number of benzene rings is 1. The first-order valence-corrected chi connectivity index (χ1v) is 5.78. The van der Waals surface area contributed by atoms with Crippen LogP contribution in [0.1, 0.15) is 27.2 Å². The van der Waals surface area contributed by atoms with E-state index < -0.39 is 5.54 Å². The normalized spacial score (nSPS) is 12.0. The predicted octanol–water partition coefficient (Wildman–Crippen LogP) is 3.49. The Hall–Kier alpha value is -1.64. The molecule has 1 heterocycles. The highest BCUT2D eigenvalue weighted by atomic mass is 19.1. The van der Waals surface area contributed by atoms with E-state index in [4.69, 9.17) is 0 Å². The molecule has 1 aromatic heterocycles. The molecule has 0 aliphatic rings. The minimum atomic E-state index is -0.635. The van der Waals surface area contributed by atoms with E-state index in [1.807, 2.05) is 31.4 Å². The molecule has 3 heteroatoms. The van der Waals surface area contributed by atoms with Crippen LogP contribution in [0.4, 0.5) is 4.39 Å². The second-order valence-electron chi connectivity index (χ2n) is 4.69. The van der Waals surface area contributed by atoms with Gasteiger partial charge < -0.3 is 4.57 Å². The highest BCUT2D eigenvalue weighted by molar-refractivity contribution is 5.89. The first-order valence-electron chi connectivity index (χ1n) is 5.78. The zero-order valence-corrected chi connectivity index (χ0v) is 10.3. The van der Waals surface area contributed by atoms with Gasteiger partial charge in [0.1, 0.15) is 5.82 Å². The molecule has 0 bridgehead atoms. The maximum absolute atomic E-state index is 13.6. The van der Waals surface area contributed by atoms with Crippen molar-refractivity contribution in [3.8, 4) is 0 Å². The summed E-state index contributed by atoms with van der Waals surface area (Å²) in [4.78, 5) is 11.9. The van der Waals surface area contributed by atoms with Crippen LogP contribution >= 0.6 is 0 Å². The molecule has 0 aliphatic heterocycles. The van der Waals surface area contributed by atoms with Gasteiger partial charge in [-0.1, -0.05) is 13.0 Å². The van der Waals surface area contributed by atoms with Crippen molar-refractivity contribution in [3.05, 3.63) is 36.3 Å². The lowest BCUT2D eigenvalue weighted by atomic mass is 9.96. The average molecular weight is 233 g/mol. The Morgan fingerprint density at radius 2 is 2.06 bits per heavy atom. The molecule has 17 heavy (non-hydrogen) atoms. The van der Waals surface area contributed by atoms with Crippen LogP contribution in [0.2, 0.25) is 0 Å². The third-order valence-corrected chi connectivity index (χ3v) is 3.29. The van der Waals surface area contributed by atoms with Gasteiger partial charge in [-0.05, 0) is 32.0 Å². The van der Waals surface area contributed by atoms with E-state index in [0.29, 0.717) is 11.8 Å². The lowest BCUT2D eigenvalue weighted by Crippen LogP contribution is -2.34. The molecule has 0 saturated heterocycles. The maximum atomic E-state index is 13.6. The maximum Gasteiger partial charge on any atom is 0.157 e. The number of halogens is 1. The van der Waals surface area contributed by atoms with Gasteiger partial charge in [-0.25, -0.2) is 4.39 Å². The molecule has 2 aromatic rings. The number of nitrogens with zero attached hydrogens (tertiary/aromatic N) is 1. The summed E-state index contributed by atoms with van der Waals surface area (Å²) in [7, 11) is 0. The zero-order chi connectivity index (χ0) is 12.6. The van der Waals surface area contributed by atoms with Gasteiger partial charge in [-0.15, -0.1) is 0 Å². The number of carbonyl (C=O) groups excluding carboxylic acids is 1. The minimum Gasteiger partial charge on any atom is -0.335 e. The SMILES string of the molecule is CCC(=O)C(C)(C)n1ccc2c(F)cccc21. The van der Waals surface area contributed by atoms with Crippen molar-refractivity contribution >= 4 is 16.7 Å². The summed E-state index contributed by atoms with van der Waals surface area (Å²) in [5, 5.41) is 0.560. The third kappa shape index (κ3) is 1.75. The molecule has 0 fully saturated rings. The van der Waals surface area contributed by atoms with E-state index >= 15 is 0 Å². The average Bonchev–Trinajstić information content (AvgIpc) is 2.73. The van der Waals surface area contributed by atoms with Crippen molar-refractivity contribution in [2.45, 2.75) is 32.7 Å². The molecule has 0 spiro atoms. The quantitative estimate of drug-likeness (QED) is 0.795. The summed E-state index contributed by atoms with van der Waals surface area (Å²) in [5.74, 6) is -0.111. The summed E-state index contributed by atoms with van der Waals surface area (Å²) in [6.45, 7) is 5.57. The Labute approximate surface area is 100 Å². The second kappa shape index (κ2) is 3.99. The number of carbonyl (C=O) groups is 1. The molecule has 0 amide bonds. The number of hydrogen-bond acceptors (Lipinski definition) is 1. The van der Waals surface area contributed by atoms with Gasteiger partial charge in [-0.3, -0.25) is 4.79 Å². The molecule has 0 radical (unpaired) electrons. The number of ketones is 1. The van der Waals surface area contributed by atoms with Crippen LogP contribution in [0.25, 0.3) is 10.9 Å². The Morgan fingerprint density at radius 3 is 2.71 bits per heavy atom. The van der Waals surface area contributed by atoms with Crippen molar-refractivity contribution in [1.82, 2.24) is 4.57 Å². The molecule has 2 nitrogen and oxygen atoms in total. The topological polar surface area (TPSA) is 22.0 Å². The Kier molecular flexibility index (Phi) is 2.77. The fraction of sp³-hybridized carbons (Fsp3) is 0.357. The summed E-state index contributed by atoms with van der Waals surface area (Å²) in [6, 6.07) is 6.65. The van der Waals surface area contributed by atoms with Crippen LogP contribution in [0, 0.1) is 5.82 Å². The smallest absolute Gasteiger partial charge is 0.157 e. The van der Waals surface area contributed by atoms with Gasteiger partial charge in [-0.2, -0.15) is 0 Å². The van der Waals surface area contributed by atoms with Crippen LogP contribution in [0.15, 0.2) is 30.5 Å².